The number of fused-ring (bicyclic) bond motifs is 1. The summed E-state index contributed by atoms with van der Waals surface area (Å²) in [5.74, 6) is -0.574. The molecule has 5 heteroatoms. The molecule has 0 spiro atoms. The van der Waals surface area contributed by atoms with E-state index >= 15 is 0 Å². The number of nitrogens with zero attached hydrogens (tertiary/aromatic N) is 2. The van der Waals surface area contributed by atoms with E-state index in [2.05, 4.69) is 9.88 Å². The van der Waals surface area contributed by atoms with E-state index in [9.17, 15) is 9.90 Å². The van der Waals surface area contributed by atoms with Gasteiger partial charge < -0.3 is 14.7 Å². The Bertz CT molecular complexity index is 687. The van der Waals surface area contributed by atoms with Crippen LogP contribution in [0.25, 0.3) is 0 Å². The molecule has 1 aromatic carbocycles. The first-order chi connectivity index (χ1) is 10.7. The Kier molecular flexibility index (Phi) is 3.96. The van der Waals surface area contributed by atoms with Gasteiger partial charge in [-0.05, 0) is 24.1 Å². The van der Waals surface area contributed by atoms with Gasteiger partial charge in [0.05, 0.1) is 13.0 Å². The third-order valence-electron chi connectivity index (χ3n) is 4.04. The normalized spacial score (nSPS) is 17.0. The van der Waals surface area contributed by atoms with E-state index in [-0.39, 0.29) is 0 Å². The van der Waals surface area contributed by atoms with E-state index < -0.39 is 11.9 Å². The van der Waals surface area contributed by atoms with E-state index in [4.69, 9.17) is 4.74 Å². The number of methoxy groups -OCH3 is 1. The highest BCUT2D eigenvalue weighted by molar-refractivity contribution is 5.80. The van der Waals surface area contributed by atoms with Gasteiger partial charge in [0.1, 0.15) is 0 Å². The van der Waals surface area contributed by atoms with Gasteiger partial charge in [0.15, 0.2) is 0 Å². The van der Waals surface area contributed by atoms with Crippen LogP contribution < -0.4 is 9.64 Å². The first kappa shape index (κ1) is 14.4. The molecular weight excluding hydrogens is 280 g/mol. The van der Waals surface area contributed by atoms with Crippen molar-refractivity contribution >= 4 is 11.7 Å². The van der Waals surface area contributed by atoms with Gasteiger partial charge in [-0.2, -0.15) is 0 Å². The van der Waals surface area contributed by atoms with Crippen LogP contribution in [0.3, 0.4) is 0 Å². The summed E-state index contributed by atoms with van der Waals surface area (Å²) in [6.07, 6.45) is 2.31. The first-order valence-corrected chi connectivity index (χ1v) is 7.25. The number of anilines is 1. The van der Waals surface area contributed by atoms with Gasteiger partial charge in [0.2, 0.25) is 5.88 Å². The molecule has 22 heavy (non-hydrogen) atoms. The van der Waals surface area contributed by atoms with Crippen LogP contribution in [0.2, 0.25) is 0 Å². The lowest BCUT2D eigenvalue weighted by Crippen LogP contribution is -2.33. The SMILES string of the molecule is COc1ncccc1CN1CCC(C(=O)O)c2ccccc21. The number of aliphatic carboxylic acids is 1. The third-order valence-corrected chi connectivity index (χ3v) is 4.04. The molecule has 0 fully saturated rings. The monoisotopic (exact) mass is 298 g/mol. The standard InChI is InChI=1S/C17H18N2O3/c1-22-16-12(5-4-9-18-16)11-19-10-8-14(17(20)21)13-6-2-3-7-15(13)19/h2-7,9,14H,8,10-11H2,1H3,(H,20,21). The summed E-state index contributed by atoms with van der Waals surface area (Å²) in [5.41, 5.74) is 2.85. The van der Waals surface area contributed by atoms with Crippen molar-refractivity contribution in [1.82, 2.24) is 4.98 Å². The molecule has 114 valence electrons. The number of carbonyl (C=O) groups is 1. The van der Waals surface area contributed by atoms with Crippen molar-refractivity contribution < 1.29 is 14.6 Å². The molecule has 2 heterocycles. The van der Waals surface area contributed by atoms with Crippen LogP contribution in [0.5, 0.6) is 5.88 Å². The van der Waals surface area contributed by atoms with Gasteiger partial charge in [-0.3, -0.25) is 4.79 Å². The second-order valence-electron chi connectivity index (χ2n) is 5.33. The van der Waals surface area contributed by atoms with Crippen LogP contribution in [-0.2, 0) is 11.3 Å². The zero-order chi connectivity index (χ0) is 15.5. The largest absolute Gasteiger partial charge is 0.481 e. The summed E-state index contributed by atoms with van der Waals surface area (Å²) >= 11 is 0. The first-order valence-electron chi connectivity index (χ1n) is 7.25. The van der Waals surface area contributed by atoms with Crippen LogP contribution in [0, 0.1) is 0 Å². The molecule has 0 bridgehead atoms. The topological polar surface area (TPSA) is 62.7 Å². The minimum Gasteiger partial charge on any atom is -0.481 e. The third kappa shape index (κ3) is 2.62. The Balaban J connectivity index is 1.92. The fraction of sp³-hybridized carbons (Fsp3) is 0.294. The van der Waals surface area contributed by atoms with E-state index in [0.29, 0.717) is 25.4 Å². The second-order valence-corrected chi connectivity index (χ2v) is 5.33. The highest BCUT2D eigenvalue weighted by Crippen LogP contribution is 2.36. The Morgan fingerprint density at radius 1 is 1.36 bits per heavy atom. The number of ether oxygens (including phenoxy) is 1. The van der Waals surface area contributed by atoms with E-state index in [1.807, 2.05) is 36.4 Å². The summed E-state index contributed by atoms with van der Waals surface area (Å²) in [4.78, 5) is 17.8. The number of para-hydroxylation sites is 1. The molecule has 5 nitrogen and oxygen atoms in total. The van der Waals surface area contributed by atoms with Crippen LogP contribution in [0.4, 0.5) is 5.69 Å². The number of rotatable bonds is 4. The maximum absolute atomic E-state index is 11.4. The second kappa shape index (κ2) is 6.05. The number of pyridine rings is 1. The molecule has 0 aliphatic carbocycles. The predicted molar refractivity (Wildman–Crippen MR) is 83.3 cm³/mol. The Morgan fingerprint density at radius 3 is 2.95 bits per heavy atom. The number of hydrogen-bond donors (Lipinski definition) is 1. The van der Waals surface area contributed by atoms with Gasteiger partial charge in [0.25, 0.3) is 0 Å². The lowest BCUT2D eigenvalue weighted by molar-refractivity contribution is -0.139. The van der Waals surface area contributed by atoms with Gasteiger partial charge in [-0.25, -0.2) is 4.98 Å². The lowest BCUT2D eigenvalue weighted by Gasteiger charge is -2.34. The van der Waals surface area contributed by atoms with Gasteiger partial charge in [-0.15, -0.1) is 0 Å². The van der Waals surface area contributed by atoms with Gasteiger partial charge in [-0.1, -0.05) is 24.3 Å². The minimum atomic E-state index is -0.758. The predicted octanol–water partition coefficient (Wildman–Crippen LogP) is 2.67. The van der Waals surface area contributed by atoms with Crippen molar-refractivity contribution in [2.24, 2.45) is 0 Å². The minimum absolute atomic E-state index is 0.428. The van der Waals surface area contributed by atoms with Crippen molar-refractivity contribution in [2.45, 2.75) is 18.9 Å². The molecule has 0 amide bonds. The number of carboxylic acids is 1. The lowest BCUT2D eigenvalue weighted by atomic mass is 9.90. The molecule has 1 atom stereocenters. The molecule has 3 rings (SSSR count). The van der Waals surface area contributed by atoms with Gasteiger partial charge >= 0.3 is 5.97 Å². The molecular formula is C17H18N2O3. The zero-order valence-corrected chi connectivity index (χ0v) is 12.4. The summed E-state index contributed by atoms with van der Waals surface area (Å²) in [6, 6.07) is 11.6. The molecule has 2 aromatic rings. The Morgan fingerprint density at radius 2 is 2.18 bits per heavy atom. The average Bonchev–Trinajstić information content (AvgIpc) is 2.55. The quantitative estimate of drug-likeness (QED) is 0.940. The zero-order valence-electron chi connectivity index (χ0n) is 12.4. The van der Waals surface area contributed by atoms with Crippen molar-refractivity contribution in [3.63, 3.8) is 0 Å². The molecule has 0 radical (unpaired) electrons. The molecule has 1 aromatic heterocycles. The summed E-state index contributed by atoms with van der Waals surface area (Å²) < 4.78 is 5.30. The average molecular weight is 298 g/mol. The van der Waals surface area contributed by atoms with Crippen LogP contribution in [0.1, 0.15) is 23.5 Å². The maximum Gasteiger partial charge on any atom is 0.311 e. The van der Waals surface area contributed by atoms with Crippen molar-refractivity contribution in [2.75, 3.05) is 18.6 Å². The summed E-state index contributed by atoms with van der Waals surface area (Å²) in [5, 5.41) is 9.39. The van der Waals surface area contributed by atoms with Crippen molar-refractivity contribution in [3.8, 4) is 5.88 Å². The Hall–Kier alpha value is -2.56. The fourth-order valence-corrected chi connectivity index (χ4v) is 2.99. The number of benzene rings is 1. The molecule has 1 aliphatic heterocycles. The molecule has 0 saturated heterocycles. The van der Waals surface area contributed by atoms with Crippen molar-refractivity contribution in [3.05, 3.63) is 53.7 Å². The van der Waals surface area contributed by atoms with Gasteiger partial charge in [0, 0.05) is 30.5 Å². The molecule has 0 saturated carbocycles. The summed E-state index contributed by atoms with van der Waals surface area (Å²) in [7, 11) is 1.61. The number of carboxylic acid groups (broad SMARTS) is 1. The van der Waals surface area contributed by atoms with Crippen LogP contribution in [-0.4, -0.2) is 29.7 Å². The fourth-order valence-electron chi connectivity index (χ4n) is 2.99. The van der Waals surface area contributed by atoms with Crippen LogP contribution in [0.15, 0.2) is 42.6 Å². The summed E-state index contributed by atoms with van der Waals surface area (Å²) in [6.45, 7) is 1.35. The van der Waals surface area contributed by atoms with E-state index in [1.165, 1.54) is 0 Å². The van der Waals surface area contributed by atoms with Crippen LogP contribution >= 0.6 is 0 Å². The van der Waals surface area contributed by atoms with E-state index in [0.717, 1.165) is 16.8 Å². The number of aromatic nitrogens is 1. The molecule has 1 aliphatic rings. The smallest absolute Gasteiger partial charge is 0.311 e. The Labute approximate surface area is 129 Å². The molecule has 1 unspecified atom stereocenters. The van der Waals surface area contributed by atoms with E-state index in [1.54, 1.807) is 13.3 Å². The van der Waals surface area contributed by atoms with Crippen molar-refractivity contribution in [1.29, 1.82) is 0 Å². The highest BCUT2D eigenvalue weighted by Gasteiger charge is 2.29. The molecule has 1 N–H and O–H groups in total. The maximum atomic E-state index is 11.4. The number of hydrogen-bond acceptors (Lipinski definition) is 4. The highest BCUT2D eigenvalue weighted by atomic mass is 16.5.